The van der Waals surface area contributed by atoms with Crippen molar-refractivity contribution in [1.82, 2.24) is 14.9 Å². The number of nitrogens with zero attached hydrogens (tertiary/aromatic N) is 4. The van der Waals surface area contributed by atoms with Crippen LogP contribution in [0.1, 0.15) is 59.6 Å². The summed E-state index contributed by atoms with van der Waals surface area (Å²) in [6, 6.07) is 0.395. The minimum atomic E-state index is -4.64. The van der Waals surface area contributed by atoms with Gasteiger partial charge in [-0.1, -0.05) is 25.4 Å². The Balaban J connectivity index is 0.00000199. The van der Waals surface area contributed by atoms with Crippen LogP contribution in [0.5, 0.6) is 0 Å². The van der Waals surface area contributed by atoms with E-state index in [1.54, 1.807) is 25.7 Å². The molecule has 2 heterocycles. The Morgan fingerprint density at radius 3 is 2.09 bits per heavy atom. The number of aryl methyl sites for hydroxylation is 1. The van der Waals surface area contributed by atoms with E-state index in [1.165, 1.54) is 6.92 Å². The lowest BCUT2D eigenvalue weighted by Crippen LogP contribution is -2.59. The molecule has 0 N–H and O–H groups in total. The maximum Gasteiger partial charge on any atom is 0.417 e. The van der Waals surface area contributed by atoms with Crippen LogP contribution < -0.4 is 4.90 Å². The average Bonchev–Trinajstić information content (AvgIpc) is 2.69. The summed E-state index contributed by atoms with van der Waals surface area (Å²) in [5.41, 5.74) is -1.16. The Morgan fingerprint density at radius 1 is 1.09 bits per heavy atom. The van der Waals surface area contributed by atoms with Crippen molar-refractivity contribution in [3.63, 3.8) is 0 Å². The first-order valence-corrected chi connectivity index (χ1v) is 11.9. The van der Waals surface area contributed by atoms with Gasteiger partial charge in [-0.25, -0.2) is 9.78 Å². The Hall–Kier alpha value is -2.00. The smallest absolute Gasteiger partial charge is 0.417 e. The number of benzene rings is 1. The van der Waals surface area contributed by atoms with Crippen molar-refractivity contribution in [1.29, 1.82) is 0 Å². The standard InChI is InChI=1S/C21H25Cl2F3N4O2.C2H6/c1-10-8-29(9-11(2)30(10)19(31)32-20(4,5)6)17-13-7-14(21(24,25)26)15(22)12(3)16(13)27-18(23)28-17;1-2/h7,10-11H,8-9H2,1-6H3;1-2H3. The topological polar surface area (TPSA) is 58.6 Å². The summed E-state index contributed by atoms with van der Waals surface area (Å²) in [5.74, 6) is 0.271. The van der Waals surface area contributed by atoms with Gasteiger partial charge in [0.05, 0.1) is 28.2 Å². The minimum absolute atomic E-state index is 0.0960. The zero-order valence-electron chi connectivity index (χ0n) is 20.6. The molecular formula is C23H31Cl2F3N4O2. The molecule has 1 aromatic carbocycles. The molecule has 2 atom stereocenters. The lowest BCUT2D eigenvalue weighted by atomic mass is 10.0. The van der Waals surface area contributed by atoms with Gasteiger partial charge >= 0.3 is 12.3 Å². The van der Waals surface area contributed by atoms with Gasteiger partial charge in [-0.2, -0.15) is 18.2 Å². The summed E-state index contributed by atoms with van der Waals surface area (Å²) in [6.45, 7) is 15.2. The molecule has 2 unspecified atom stereocenters. The fourth-order valence-electron chi connectivity index (χ4n) is 3.98. The van der Waals surface area contributed by atoms with Crippen LogP contribution in [0.3, 0.4) is 0 Å². The van der Waals surface area contributed by atoms with E-state index in [2.05, 4.69) is 9.97 Å². The van der Waals surface area contributed by atoms with E-state index < -0.39 is 28.5 Å². The van der Waals surface area contributed by atoms with Gasteiger partial charge in [0, 0.05) is 18.5 Å². The van der Waals surface area contributed by atoms with Crippen LogP contribution in [0.2, 0.25) is 10.3 Å². The molecule has 0 saturated carbocycles. The number of rotatable bonds is 1. The van der Waals surface area contributed by atoms with Crippen LogP contribution in [-0.2, 0) is 10.9 Å². The summed E-state index contributed by atoms with van der Waals surface area (Å²) >= 11 is 12.1. The van der Waals surface area contributed by atoms with Crippen molar-refractivity contribution in [2.24, 2.45) is 0 Å². The minimum Gasteiger partial charge on any atom is -0.444 e. The van der Waals surface area contributed by atoms with Crippen LogP contribution in [0.25, 0.3) is 10.9 Å². The van der Waals surface area contributed by atoms with Crippen LogP contribution in [0, 0.1) is 6.92 Å². The van der Waals surface area contributed by atoms with Gasteiger partial charge in [-0.15, -0.1) is 0 Å². The van der Waals surface area contributed by atoms with Gasteiger partial charge in [0.2, 0.25) is 5.28 Å². The van der Waals surface area contributed by atoms with E-state index in [-0.39, 0.29) is 39.7 Å². The third-order valence-electron chi connectivity index (χ3n) is 5.24. The molecule has 1 aromatic heterocycles. The molecule has 1 aliphatic heterocycles. The number of ether oxygens (including phenoxy) is 1. The van der Waals surface area contributed by atoms with Gasteiger partial charge in [0.15, 0.2) is 0 Å². The number of carbonyl (C=O) groups is 1. The fraction of sp³-hybridized carbons (Fsp3) is 0.609. The Kier molecular flexibility index (Phi) is 8.57. The van der Waals surface area contributed by atoms with E-state index in [0.29, 0.717) is 13.1 Å². The first-order valence-electron chi connectivity index (χ1n) is 11.1. The monoisotopic (exact) mass is 522 g/mol. The molecule has 0 radical (unpaired) electrons. The first-order chi connectivity index (χ1) is 15.6. The second-order valence-electron chi connectivity index (χ2n) is 9.06. The summed E-state index contributed by atoms with van der Waals surface area (Å²) in [7, 11) is 0. The second-order valence-corrected chi connectivity index (χ2v) is 9.78. The number of aromatic nitrogens is 2. The molecule has 11 heteroatoms. The second kappa shape index (κ2) is 10.3. The highest BCUT2D eigenvalue weighted by Gasteiger charge is 2.38. The van der Waals surface area contributed by atoms with Gasteiger partial charge < -0.3 is 9.64 Å². The fourth-order valence-corrected chi connectivity index (χ4v) is 4.40. The summed E-state index contributed by atoms with van der Waals surface area (Å²) in [6.07, 6.45) is -5.08. The van der Waals surface area contributed by atoms with E-state index in [1.807, 2.05) is 32.6 Å². The zero-order valence-corrected chi connectivity index (χ0v) is 22.2. The molecule has 1 saturated heterocycles. The quantitative estimate of drug-likeness (QED) is 0.373. The third kappa shape index (κ3) is 5.97. The molecule has 1 amide bonds. The maximum absolute atomic E-state index is 13.6. The number of alkyl halides is 3. The number of halogens is 5. The predicted octanol–water partition coefficient (Wildman–Crippen LogP) is 7.12. The SMILES string of the molecule is CC.Cc1c(Cl)c(C(F)(F)F)cc2c(N3CC(C)N(C(=O)OC(C)(C)C)C(C)C3)nc(Cl)nc12. The van der Waals surface area contributed by atoms with Gasteiger partial charge in [0.25, 0.3) is 0 Å². The third-order valence-corrected chi connectivity index (χ3v) is 5.89. The van der Waals surface area contributed by atoms with E-state index >= 15 is 0 Å². The number of amides is 1. The highest BCUT2D eigenvalue weighted by Crippen LogP contribution is 2.41. The normalized spacial score (nSPS) is 19.1. The summed E-state index contributed by atoms with van der Waals surface area (Å²) < 4.78 is 46.3. The molecule has 0 aliphatic carbocycles. The van der Waals surface area contributed by atoms with Crippen molar-refractivity contribution in [3.05, 3.63) is 27.5 Å². The average molecular weight is 523 g/mol. The molecule has 1 fully saturated rings. The summed E-state index contributed by atoms with van der Waals surface area (Å²) in [4.78, 5) is 24.5. The molecule has 0 bridgehead atoms. The first kappa shape index (κ1) is 28.2. The Labute approximate surface area is 208 Å². The Morgan fingerprint density at radius 2 is 1.62 bits per heavy atom. The largest absolute Gasteiger partial charge is 0.444 e. The number of hydrogen-bond donors (Lipinski definition) is 0. The molecule has 6 nitrogen and oxygen atoms in total. The van der Waals surface area contributed by atoms with Crippen molar-refractivity contribution in [2.75, 3.05) is 18.0 Å². The van der Waals surface area contributed by atoms with Crippen molar-refractivity contribution >= 4 is 46.0 Å². The number of carbonyl (C=O) groups excluding carboxylic acids is 1. The maximum atomic E-state index is 13.6. The van der Waals surface area contributed by atoms with Crippen LogP contribution >= 0.6 is 23.2 Å². The summed E-state index contributed by atoms with van der Waals surface area (Å²) in [5, 5.41) is -0.308. The Bertz CT molecular complexity index is 1050. The lowest BCUT2D eigenvalue weighted by Gasteiger charge is -2.45. The number of hydrogen-bond acceptors (Lipinski definition) is 5. The molecule has 3 rings (SSSR count). The van der Waals surface area contributed by atoms with Crippen molar-refractivity contribution in [3.8, 4) is 0 Å². The highest BCUT2D eigenvalue weighted by atomic mass is 35.5. The number of piperazine rings is 1. The molecule has 0 spiro atoms. The van der Waals surface area contributed by atoms with E-state index in [9.17, 15) is 18.0 Å². The predicted molar refractivity (Wildman–Crippen MR) is 130 cm³/mol. The van der Waals surface area contributed by atoms with E-state index in [0.717, 1.165) is 6.07 Å². The van der Waals surface area contributed by atoms with Gasteiger partial charge in [0.1, 0.15) is 11.4 Å². The molecule has 190 valence electrons. The van der Waals surface area contributed by atoms with Gasteiger partial charge in [-0.05, 0) is 64.8 Å². The van der Waals surface area contributed by atoms with Gasteiger partial charge in [-0.3, -0.25) is 4.90 Å². The van der Waals surface area contributed by atoms with Crippen molar-refractivity contribution in [2.45, 2.75) is 79.3 Å². The number of fused-ring (bicyclic) bond motifs is 1. The highest BCUT2D eigenvalue weighted by molar-refractivity contribution is 6.33. The molecule has 2 aromatic rings. The van der Waals surface area contributed by atoms with Crippen LogP contribution in [0.4, 0.5) is 23.8 Å². The molecule has 1 aliphatic rings. The van der Waals surface area contributed by atoms with Crippen molar-refractivity contribution < 1.29 is 22.7 Å². The van der Waals surface area contributed by atoms with Crippen LogP contribution in [-0.4, -0.2) is 51.7 Å². The number of anilines is 1. The molecular weight excluding hydrogens is 492 g/mol. The van der Waals surface area contributed by atoms with E-state index in [4.69, 9.17) is 27.9 Å². The lowest BCUT2D eigenvalue weighted by molar-refractivity contribution is -0.137. The van der Waals surface area contributed by atoms with Crippen LogP contribution in [0.15, 0.2) is 6.07 Å². The molecule has 34 heavy (non-hydrogen) atoms. The zero-order chi connectivity index (χ0) is 26.2.